The lowest BCUT2D eigenvalue weighted by Crippen LogP contribution is -2.37. The van der Waals surface area contributed by atoms with Gasteiger partial charge in [0.25, 0.3) is 0 Å². The van der Waals surface area contributed by atoms with E-state index < -0.39 is 0 Å². The van der Waals surface area contributed by atoms with Crippen LogP contribution in [-0.2, 0) is 6.67 Å². The van der Waals surface area contributed by atoms with Gasteiger partial charge < -0.3 is 4.90 Å². The molecule has 0 atom stereocenters. The van der Waals surface area contributed by atoms with Crippen LogP contribution >= 0.6 is 23.4 Å². The van der Waals surface area contributed by atoms with Crippen LogP contribution in [0, 0.1) is 0 Å². The van der Waals surface area contributed by atoms with Gasteiger partial charge in [0.15, 0.2) is 11.0 Å². The predicted molar refractivity (Wildman–Crippen MR) is 93.6 cm³/mol. The van der Waals surface area contributed by atoms with Crippen LogP contribution < -0.4 is 0 Å². The second kappa shape index (κ2) is 6.81. The van der Waals surface area contributed by atoms with Gasteiger partial charge in [-0.15, -0.1) is 10.2 Å². The molecular weight excluding hydrogens is 330 g/mol. The Balaban J connectivity index is 1.47. The van der Waals surface area contributed by atoms with Crippen molar-refractivity contribution in [3.63, 3.8) is 0 Å². The first-order valence-corrected chi connectivity index (χ1v) is 9.42. The van der Waals surface area contributed by atoms with Gasteiger partial charge >= 0.3 is 0 Å². The maximum Gasteiger partial charge on any atom is 0.193 e. The molecule has 0 saturated carbocycles. The Kier molecular flexibility index (Phi) is 4.57. The molecule has 2 aromatic rings. The molecule has 1 aromatic carbocycles. The molecule has 0 unspecified atom stereocenters. The number of halogens is 1. The fourth-order valence-corrected chi connectivity index (χ4v) is 4.18. The fraction of sp³-hybridized carbons (Fsp3) is 0.500. The first-order chi connectivity index (χ1) is 11.3. The summed E-state index contributed by atoms with van der Waals surface area (Å²) in [5, 5.41) is 10.5. The summed E-state index contributed by atoms with van der Waals surface area (Å²) in [6, 6.07) is 7.82. The molecular formula is C16H20ClN5S. The Morgan fingerprint density at radius 2 is 1.74 bits per heavy atom. The summed E-state index contributed by atoms with van der Waals surface area (Å²) in [4.78, 5) is 5.03. The topological polar surface area (TPSA) is 37.2 Å². The van der Waals surface area contributed by atoms with Crippen molar-refractivity contribution in [2.45, 2.75) is 24.7 Å². The monoisotopic (exact) mass is 349 g/mol. The number of rotatable bonds is 4. The van der Waals surface area contributed by atoms with Crippen LogP contribution in [0.15, 0.2) is 29.4 Å². The number of fused-ring (bicyclic) bond motifs is 1. The van der Waals surface area contributed by atoms with Crippen molar-refractivity contribution in [2.75, 3.05) is 32.1 Å². The van der Waals surface area contributed by atoms with Crippen molar-refractivity contribution in [2.24, 2.45) is 0 Å². The molecule has 23 heavy (non-hydrogen) atoms. The highest BCUT2D eigenvalue weighted by Crippen LogP contribution is 2.29. The van der Waals surface area contributed by atoms with Crippen molar-refractivity contribution < 1.29 is 0 Å². The van der Waals surface area contributed by atoms with E-state index in [9.17, 15) is 0 Å². The zero-order valence-corrected chi connectivity index (χ0v) is 14.6. The average Bonchev–Trinajstić information content (AvgIpc) is 3.23. The van der Waals surface area contributed by atoms with E-state index in [0.29, 0.717) is 0 Å². The summed E-state index contributed by atoms with van der Waals surface area (Å²) in [7, 11) is 0. The second-order valence-corrected chi connectivity index (χ2v) is 7.45. The van der Waals surface area contributed by atoms with Crippen molar-refractivity contribution in [1.29, 1.82) is 0 Å². The summed E-state index contributed by atoms with van der Waals surface area (Å²) in [5.41, 5.74) is 1.06. The molecule has 4 rings (SSSR count). The van der Waals surface area contributed by atoms with Crippen LogP contribution in [0.4, 0.5) is 0 Å². The van der Waals surface area contributed by atoms with Crippen LogP contribution in [0.2, 0.25) is 5.02 Å². The highest BCUT2D eigenvalue weighted by atomic mass is 35.5. The highest BCUT2D eigenvalue weighted by molar-refractivity contribution is 7.99. The van der Waals surface area contributed by atoms with Crippen LogP contribution in [0.3, 0.4) is 0 Å². The molecule has 0 radical (unpaired) electrons. The van der Waals surface area contributed by atoms with Gasteiger partial charge in [-0.3, -0.25) is 9.47 Å². The highest BCUT2D eigenvalue weighted by Gasteiger charge is 2.23. The number of hydrogen-bond acceptors (Lipinski definition) is 5. The number of likely N-dealkylation sites (tertiary alicyclic amines) is 1. The van der Waals surface area contributed by atoms with E-state index in [1.54, 1.807) is 11.8 Å². The van der Waals surface area contributed by atoms with Crippen LogP contribution in [0.1, 0.15) is 12.8 Å². The smallest absolute Gasteiger partial charge is 0.193 e. The Hall–Kier alpha value is -1.08. The SMILES string of the molecule is Clc1ccc(-c2nnc3n2CN(CCN2CCCC2)CS3)cc1. The number of benzene rings is 1. The molecule has 3 heterocycles. The lowest BCUT2D eigenvalue weighted by atomic mass is 10.2. The zero-order valence-electron chi connectivity index (χ0n) is 13.0. The maximum absolute atomic E-state index is 5.98. The standard InChI is InChI=1S/C16H20ClN5S/c17-14-5-3-13(4-6-14)15-18-19-16-22(15)11-21(12-23-16)10-9-20-7-1-2-8-20/h3-6H,1-2,7-12H2. The van der Waals surface area contributed by atoms with E-state index in [1.165, 1.54) is 25.9 Å². The molecule has 122 valence electrons. The molecule has 1 fully saturated rings. The van der Waals surface area contributed by atoms with Gasteiger partial charge in [-0.2, -0.15) is 0 Å². The predicted octanol–water partition coefficient (Wildman–Crippen LogP) is 3.02. The molecule has 0 spiro atoms. The molecule has 7 heteroatoms. The average molecular weight is 350 g/mol. The lowest BCUT2D eigenvalue weighted by molar-refractivity contribution is 0.203. The fourth-order valence-electron chi connectivity index (χ4n) is 3.15. The van der Waals surface area contributed by atoms with Crippen molar-refractivity contribution in [3.05, 3.63) is 29.3 Å². The molecule has 2 aliphatic heterocycles. The van der Waals surface area contributed by atoms with Crippen LogP contribution in [0.25, 0.3) is 11.4 Å². The quantitative estimate of drug-likeness (QED) is 0.848. The number of hydrogen-bond donors (Lipinski definition) is 0. The summed E-state index contributed by atoms with van der Waals surface area (Å²) < 4.78 is 2.21. The van der Waals surface area contributed by atoms with Crippen molar-refractivity contribution in [3.8, 4) is 11.4 Å². The molecule has 1 aromatic heterocycles. The van der Waals surface area contributed by atoms with E-state index >= 15 is 0 Å². The van der Waals surface area contributed by atoms with E-state index in [2.05, 4.69) is 24.6 Å². The third-order valence-electron chi connectivity index (χ3n) is 4.47. The minimum Gasteiger partial charge on any atom is -0.302 e. The first kappa shape index (κ1) is 15.4. The van der Waals surface area contributed by atoms with Gasteiger partial charge in [0.1, 0.15) is 0 Å². The molecule has 0 N–H and O–H groups in total. The molecule has 2 aliphatic rings. The Bertz CT molecular complexity index is 666. The molecule has 0 aliphatic carbocycles. The Morgan fingerprint density at radius 3 is 2.52 bits per heavy atom. The second-order valence-electron chi connectivity index (χ2n) is 6.10. The normalized spacial score (nSPS) is 19.2. The largest absolute Gasteiger partial charge is 0.302 e. The first-order valence-electron chi connectivity index (χ1n) is 8.06. The van der Waals surface area contributed by atoms with Crippen molar-refractivity contribution >= 4 is 23.4 Å². The molecule has 0 amide bonds. The summed E-state index contributed by atoms with van der Waals surface area (Å²) in [6.07, 6.45) is 2.70. The van der Waals surface area contributed by atoms with Gasteiger partial charge in [0, 0.05) is 23.7 Å². The summed E-state index contributed by atoms with van der Waals surface area (Å²) >= 11 is 7.75. The zero-order chi connectivity index (χ0) is 15.6. The minimum atomic E-state index is 0.744. The van der Waals surface area contributed by atoms with Crippen LogP contribution in [0.5, 0.6) is 0 Å². The van der Waals surface area contributed by atoms with Gasteiger partial charge in [0.2, 0.25) is 0 Å². The van der Waals surface area contributed by atoms with Gasteiger partial charge in [0.05, 0.1) is 12.5 Å². The third-order valence-corrected chi connectivity index (χ3v) is 5.77. The molecule has 1 saturated heterocycles. The Morgan fingerprint density at radius 1 is 1.00 bits per heavy atom. The molecule has 0 bridgehead atoms. The summed E-state index contributed by atoms with van der Waals surface area (Å²) in [6.45, 7) is 5.64. The number of nitrogens with zero attached hydrogens (tertiary/aromatic N) is 5. The maximum atomic E-state index is 5.98. The summed E-state index contributed by atoms with van der Waals surface area (Å²) in [5.74, 6) is 1.92. The van der Waals surface area contributed by atoms with Gasteiger partial charge in [-0.1, -0.05) is 23.4 Å². The lowest BCUT2D eigenvalue weighted by Gasteiger charge is -2.29. The van der Waals surface area contributed by atoms with Gasteiger partial charge in [-0.25, -0.2) is 0 Å². The number of aromatic nitrogens is 3. The van der Waals surface area contributed by atoms with E-state index in [1.807, 2.05) is 24.3 Å². The van der Waals surface area contributed by atoms with E-state index in [-0.39, 0.29) is 0 Å². The number of thioether (sulfide) groups is 1. The van der Waals surface area contributed by atoms with Crippen molar-refractivity contribution in [1.82, 2.24) is 24.6 Å². The van der Waals surface area contributed by atoms with Gasteiger partial charge in [-0.05, 0) is 50.2 Å². The Labute approximate surface area is 145 Å². The van der Waals surface area contributed by atoms with Crippen LogP contribution in [-0.4, -0.2) is 56.6 Å². The minimum absolute atomic E-state index is 0.744. The molecule has 5 nitrogen and oxygen atoms in total. The van der Waals surface area contributed by atoms with E-state index in [4.69, 9.17) is 11.6 Å². The van der Waals surface area contributed by atoms with E-state index in [0.717, 1.165) is 47.2 Å². The third kappa shape index (κ3) is 3.40.